The predicted molar refractivity (Wildman–Crippen MR) is 90.6 cm³/mol. The quantitative estimate of drug-likeness (QED) is 0.532. The molecular weight excluding hydrogens is 274 g/mol. The molecule has 0 aliphatic heterocycles. The third kappa shape index (κ3) is 3.37. The molecule has 0 amide bonds. The minimum Gasteiger partial charge on any atom is -0.466 e. The normalized spacial score (nSPS) is 11.4. The minimum atomic E-state index is -0.380. The Morgan fingerprint density at radius 1 is 1.09 bits per heavy atom. The first-order valence-electron chi connectivity index (χ1n) is 7.16. The Balaban J connectivity index is 2.67. The second kappa shape index (κ2) is 6.48. The Hall–Kier alpha value is -2.55. The number of nitrogens with two attached hydrogens (primary N) is 1. The van der Waals surface area contributed by atoms with Crippen molar-refractivity contribution in [2.75, 3.05) is 12.8 Å². The lowest BCUT2D eigenvalue weighted by molar-refractivity contribution is -0.134. The smallest absolute Gasteiger partial charge is 0.331 e. The number of benzene rings is 2. The molecule has 0 aromatic heterocycles. The molecule has 0 aliphatic rings. The van der Waals surface area contributed by atoms with Gasteiger partial charge in [-0.15, -0.1) is 0 Å². The van der Waals surface area contributed by atoms with Crippen LogP contribution in [-0.2, 0) is 9.53 Å². The number of hydrogen-bond donors (Lipinski definition) is 1. The number of methoxy groups -OCH3 is 1. The van der Waals surface area contributed by atoms with E-state index in [4.69, 9.17) is 10.5 Å². The van der Waals surface area contributed by atoms with Crippen LogP contribution in [0.1, 0.15) is 27.8 Å². The van der Waals surface area contributed by atoms with Crippen molar-refractivity contribution in [2.24, 2.45) is 0 Å². The van der Waals surface area contributed by atoms with Gasteiger partial charge in [-0.05, 0) is 60.7 Å². The van der Waals surface area contributed by atoms with Gasteiger partial charge in [0, 0.05) is 11.8 Å². The molecule has 2 aromatic carbocycles. The number of carbonyl (C=O) groups is 1. The number of ether oxygens (including phenoxy) is 1. The fourth-order valence-corrected chi connectivity index (χ4v) is 2.39. The summed E-state index contributed by atoms with van der Waals surface area (Å²) in [6.07, 6.45) is 1.52. The molecule has 0 saturated carbocycles. The van der Waals surface area contributed by atoms with E-state index in [-0.39, 0.29) is 5.97 Å². The van der Waals surface area contributed by atoms with Gasteiger partial charge in [-0.3, -0.25) is 0 Å². The number of aryl methyl sites for hydroxylation is 2. The highest BCUT2D eigenvalue weighted by Crippen LogP contribution is 2.30. The van der Waals surface area contributed by atoms with Crippen LogP contribution in [0.5, 0.6) is 0 Å². The van der Waals surface area contributed by atoms with Crippen LogP contribution in [0.25, 0.3) is 5.57 Å². The van der Waals surface area contributed by atoms with Gasteiger partial charge >= 0.3 is 5.97 Å². The molecule has 114 valence electrons. The Morgan fingerprint density at radius 2 is 1.73 bits per heavy atom. The zero-order valence-corrected chi connectivity index (χ0v) is 13.4. The van der Waals surface area contributed by atoms with Crippen LogP contribution in [0.4, 0.5) is 5.69 Å². The van der Waals surface area contributed by atoms with E-state index in [1.165, 1.54) is 18.7 Å². The van der Waals surface area contributed by atoms with E-state index < -0.39 is 0 Å². The zero-order valence-electron chi connectivity index (χ0n) is 13.4. The molecule has 22 heavy (non-hydrogen) atoms. The zero-order chi connectivity index (χ0) is 16.3. The van der Waals surface area contributed by atoms with Crippen LogP contribution >= 0.6 is 0 Å². The van der Waals surface area contributed by atoms with Gasteiger partial charge in [0.1, 0.15) is 0 Å². The second-order valence-electron chi connectivity index (χ2n) is 5.46. The summed E-state index contributed by atoms with van der Waals surface area (Å²) in [4.78, 5) is 11.8. The van der Waals surface area contributed by atoms with Crippen molar-refractivity contribution >= 4 is 17.2 Å². The number of nitrogen functional groups attached to an aromatic ring is 1. The first-order valence-corrected chi connectivity index (χ1v) is 7.16. The number of esters is 1. The van der Waals surface area contributed by atoms with Gasteiger partial charge in [-0.25, -0.2) is 4.79 Å². The standard InChI is InChI=1S/C19H21NO2/c1-12-5-7-15(8-6-12)18(11-19(21)22-4)17-10-16(20)9-13(2)14(17)3/h5-11H,20H2,1-4H3/b18-11+. The molecule has 0 saturated heterocycles. The predicted octanol–water partition coefficient (Wildman–Crippen LogP) is 3.80. The highest BCUT2D eigenvalue weighted by atomic mass is 16.5. The van der Waals surface area contributed by atoms with E-state index in [1.807, 2.05) is 57.2 Å². The third-order valence-corrected chi connectivity index (χ3v) is 3.81. The third-order valence-electron chi connectivity index (χ3n) is 3.81. The maximum atomic E-state index is 11.8. The van der Waals surface area contributed by atoms with E-state index in [0.29, 0.717) is 5.69 Å². The summed E-state index contributed by atoms with van der Waals surface area (Å²) in [5, 5.41) is 0. The summed E-state index contributed by atoms with van der Waals surface area (Å²) in [6.45, 7) is 6.08. The van der Waals surface area contributed by atoms with Gasteiger partial charge in [-0.1, -0.05) is 29.8 Å². The molecule has 0 atom stereocenters. The molecule has 0 spiro atoms. The largest absolute Gasteiger partial charge is 0.466 e. The lowest BCUT2D eigenvalue weighted by Gasteiger charge is -2.14. The SMILES string of the molecule is COC(=O)/C=C(\c1ccc(C)cc1)c1cc(N)cc(C)c1C. The average molecular weight is 295 g/mol. The molecule has 0 heterocycles. The monoisotopic (exact) mass is 295 g/mol. The van der Waals surface area contributed by atoms with Crippen molar-refractivity contribution in [3.8, 4) is 0 Å². The van der Waals surface area contributed by atoms with Crippen LogP contribution in [0, 0.1) is 20.8 Å². The molecule has 0 bridgehead atoms. The van der Waals surface area contributed by atoms with Crippen LogP contribution in [-0.4, -0.2) is 13.1 Å². The molecule has 2 aromatic rings. The topological polar surface area (TPSA) is 52.3 Å². The highest BCUT2D eigenvalue weighted by Gasteiger charge is 2.13. The number of anilines is 1. The second-order valence-corrected chi connectivity index (χ2v) is 5.46. The highest BCUT2D eigenvalue weighted by molar-refractivity contribution is 5.97. The first-order chi connectivity index (χ1) is 10.4. The fourth-order valence-electron chi connectivity index (χ4n) is 2.39. The Kier molecular flexibility index (Phi) is 4.66. The molecular formula is C19H21NO2. The summed E-state index contributed by atoms with van der Waals surface area (Å²) in [7, 11) is 1.38. The summed E-state index contributed by atoms with van der Waals surface area (Å²) in [6, 6.07) is 11.9. The maximum absolute atomic E-state index is 11.8. The van der Waals surface area contributed by atoms with E-state index in [2.05, 4.69) is 0 Å². The van der Waals surface area contributed by atoms with Crippen LogP contribution < -0.4 is 5.73 Å². The number of carbonyl (C=O) groups excluding carboxylic acids is 1. The van der Waals surface area contributed by atoms with Crippen LogP contribution in [0.15, 0.2) is 42.5 Å². The maximum Gasteiger partial charge on any atom is 0.331 e. The van der Waals surface area contributed by atoms with Crippen molar-refractivity contribution in [1.82, 2.24) is 0 Å². The molecule has 0 radical (unpaired) electrons. The molecule has 0 unspecified atom stereocenters. The van der Waals surface area contributed by atoms with Crippen LogP contribution in [0.2, 0.25) is 0 Å². The molecule has 2 N–H and O–H groups in total. The van der Waals surface area contributed by atoms with Gasteiger partial charge in [-0.2, -0.15) is 0 Å². The lowest BCUT2D eigenvalue weighted by atomic mass is 9.91. The first kappa shape index (κ1) is 15.8. The van der Waals surface area contributed by atoms with Crippen molar-refractivity contribution in [3.05, 3.63) is 70.3 Å². The van der Waals surface area contributed by atoms with Gasteiger partial charge in [0.15, 0.2) is 0 Å². The summed E-state index contributed by atoms with van der Waals surface area (Å²) >= 11 is 0. The van der Waals surface area contributed by atoms with Crippen molar-refractivity contribution in [2.45, 2.75) is 20.8 Å². The van der Waals surface area contributed by atoms with E-state index in [0.717, 1.165) is 27.8 Å². The van der Waals surface area contributed by atoms with Gasteiger partial charge in [0.2, 0.25) is 0 Å². The Morgan fingerprint density at radius 3 is 2.32 bits per heavy atom. The van der Waals surface area contributed by atoms with Crippen LogP contribution in [0.3, 0.4) is 0 Å². The van der Waals surface area contributed by atoms with Crippen molar-refractivity contribution in [1.29, 1.82) is 0 Å². The minimum absolute atomic E-state index is 0.380. The van der Waals surface area contributed by atoms with E-state index in [1.54, 1.807) is 0 Å². The fraction of sp³-hybridized carbons (Fsp3) is 0.211. The average Bonchev–Trinajstić information content (AvgIpc) is 2.49. The lowest BCUT2D eigenvalue weighted by Crippen LogP contribution is -2.02. The Labute approximate surface area is 131 Å². The van der Waals surface area contributed by atoms with Gasteiger partial charge in [0.05, 0.1) is 7.11 Å². The Bertz CT molecular complexity index is 728. The van der Waals surface area contributed by atoms with Crippen molar-refractivity contribution in [3.63, 3.8) is 0 Å². The van der Waals surface area contributed by atoms with E-state index >= 15 is 0 Å². The molecule has 0 aliphatic carbocycles. The summed E-state index contributed by atoms with van der Waals surface area (Å²) in [5.41, 5.74) is 12.8. The van der Waals surface area contributed by atoms with E-state index in [9.17, 15) is 4.79 Å². The number of hydrogen-bond acceptors (Lipinski definition) is 3. The molecule has 2 rings (SSSR count). The van der Waals surface area contributed by atoms with Gasteiger partial charge < -0.3 is 10.5 Å². The summed E-state index contributed by atoms with van der Waals surface area (Å²) < 4.78 is 4.80. The molecule has 3 heteroatoms. The van der Waals surface area contributed by atoms with Gasteiger partial charge in [0.25, 0.3) is 0 Å². The van der Waals surface area contributed by atoms with Crippen molar-refractivity contribution < 1.29 is 9.53 Å². The molecule has 0 fully saturated rings. The summed E-state index contributed by atoms with van der Waals surface area (Å²) in [5.74, 6) is -0.380. The molecule has 3 nitrogen and oxygen atoms in total. The number of rotatable bonds is 3.